The maximum absolute atomic E-state index is 10.4. The van der Waals surface area contributed by atoms with Gasteiger partial charge in [-0.05, 0) is 17.7 Å². The quantitative estimate of drug-likeness (QED) is 0.495. The molecule has 0 aromatic heterocycles. The molecule has 0 amide bonds. The molecule has 1 aromatic carbocycles. The van der Waals surface area contributed by atoms with Crippen molar-refractivity contribution in [3.05, 3.63) is 39.9 Å². The fourth-order valence-electron chi connectivity index (χ4n) is 1.22. The van der Waals surface area contributed by atoms with Gasteiger partial charge in [0.25, 0.3) is 5.69 Å². The van der Waals surface area contributed by atoms with Gasteiger partial charge < -0.3 is 5.11 Å². The van der Waals surface area contributed by atoms with Crippen LogP contribution in [-0.2, 0) is 0 Å². The second-order valence-corrected chi connectivity index (χ2v) is 3.49. The molecule has 0 heterocycles. The second-order valence-electron chi connectivity index (χ2n) is 3.18. The third kappa shape index (κ3) is 2.69. The molecule has 1 N–H and O–H groups in total. The van der Waals surface area contributed by atoms with E-state index in [2.05, 4.69) is 0 Å². The van der Waals surface area contributed by atoms with Gasteiger partial charge in [0, 0.05) is 18.0 Å². The van der Waals surface area contributed by atoms with Gasteiger partial charge in [-0.3, -0.25) is 10.1 Å². The van der Waals surface area contributed by atoms with Gasteiger partial charge in [-0.15, -0.1) is 11.6 Å². The molecule has 1 aromatic rings. The highest BCUT2D eigenvalue weighted by Crippen LogP contribution is 2.24. The third-order valence-electron chi connectivity index (χ3n) is 2.16. The number of nitro groups is 1. The number of nitrogens with zero attached hydrogens (tertiary/aromatic N) is 2. The standard InChI is InChI=1S/C10H9ClN2O3/c11-5-8(6-12)10(14)7-1-3-9(4-2-7)13(15)16/h1-4,8,10,14H,5H2. The number of non-ortho nitro benzene ring substituents is 1. The summed E-state index contributed by atoms with van der Waals surface area (Å²) in [6.45, 7) is 0. The van der Waals surface area contributed by atoms with Gasteiger partial charge in [0.1, 0.15) is 0 Å². The zero-order valence-electron chi connectivity index (χ0n) is 8.21. The molecule has 2 atom stereocenters. The molecule has 2 unspecified atom stereocenters. The lowest BCUT2D eigenvalue weighted by Gasteiger charge is -2.13. The lowest BCUT2D eigenvalue weighted by Crippen LogP contribution is -2.12. The van der Waals surface area contributed by atoms with Crippen molar-refractivity contribution in [2.45, 2.75) is 6.10 Å². The van der Waals surface area contributed by atoms with Crippen molar-refractivity contribution < 1.29 is 10.0 Å². The zero-order valence-corrected chi connectivity index (χ0v) is 8.96. The number of nitriles is 1. The van der Waals surface area contributed by atoms with Crippen molar-refractivity contribution in [3.63, 3.8) is 0 Å². The number of aliphatic hydroxyl groups is 1. The largest absolute Gasteiger partial charge is 0.387 e. The van der Waals surface area contributed by atoms with Crippen LogP contribution in [0.1, 0.15) is 11.7 Å². The van der Waals surface area contributed by atoms with Crippen LogP contribution >= 0.6 is 11.6 Å². The van der Waals surface area contributed by atoms with Crippen LogP contribution in [0.25, 0.3) is 0 Å². The summed E-state index contributed by atoms with van der Waals surface area (Å²) < 4.78 is 0. The lowest BCUT2D eigenvalue weighted by molar-refractivity contribution is -0.384. The molecule has 0 aliphatic heterocycles. The van der Waals surface area contributed by atoms with Crippen LogP contribution < -0.4 is 0 Å². The summed E-state index contributed by atoms with van der Waals surface area (Å²) in [4.78, 5) is 9.87. The molecule has 0 radical (unpaired) electrons. The minimum absolute atomic E-state index is 0.00859. The van der Waals surface area contributed by atoms with E-state index >= 15 is 0 Å². The van der Waals surface area contributed by atoms with Crippen LogP contribution in [0.3, 0.4) is 0 Å². The monoisotopic (exact) mass is 240 g/mol. The number of nitro benzene ring substituents is 1. The molecule has 84 valence electrons. The Morgan fingerprint density at radius 1 is 1.50 bits per heavy atom. The van der Waals surface area contributed by atoms with Gasteiger partial charge in [0.05, 0.1) is 23.0 Å². The number of hydrogen-bond acceptors (Lipinski definition) is 4. The minimum atomic E-state index is -1.02. The molecule has 0 spiro atoms. The van der Waals surface area contributed by atoms with Crippen LogP contribution in [0.2, 0.25) is 0 Å². The molecule has 6 heteroatoms. The van der Waals surface area contributed by atoms with Crippen molar-refractivity contribution >= 4 is 17.3 Å². The van der Waals surface area contributed by atoms with Gasteiger partial charge >= 0.3 is 0 Å². The van der Waals surface area contributed by atoms with E-state index in [4.69, 9.17) is 16.9 Å². The summed E-state index contributed by atoms with van der Waals surface area (Å²) in [5, 5.41) is 28.8. The van der Waals surface area contributed by atoms with Crippen LogP contribution in [0.5, 0.6) is 0 Å². The van der Waals surface area contributed by atoms with E-state index in [1.165, 1.54) is 24.3 Å². The predicted octanol–water partition coefficient (Wildman–Crippen LogP) is 2.01. The molecule has 0 aliphatic rings. The smallest absolute Gasteiger partial charge is 0.269 e. The van der Waals surface area contributed by atoms with E-state index in [-0.39, 0.29) is 11.6 Å². The summed E-state index contributed by atoms with van der Waals surface area (Å²) >= 11 is 5.50. The normalized spacial score (nSPS) is 13.8. The van der Waals surface area contributed by atoms with Crippen LogP contribution in [-0.4, -0.2) is 15.9 Å². The fraction of sp³-hybridized carbons (Fsp3) is 0.300. The van der Waals surface area contributed by atoms with Gasteiger partial charge in [0.15, 0.2) is 0 Å². The predicted molar refractivity (Wildman–Crippen MR) is 57.9 cm³/mol. The molecule has 0 saturated heterocycles. The Kier molecular flexibility index (Phi) is 4.23. The van der Waals surface area contributed by atoms with Crippen LogP contribution in [0.4, 0.5) is 5.69 Å². The Morgan fingerprint density at radius 2 is 2.06 bits per heavy atom. The zero-order chi connectivity index (χ0) is 12.1. The molecule has 16 heavy (non-hydrogen) atoms. The second kappa shape index (κ2) is 5.45. The van der Waals surface area contributed by atoms with Gasteiger partial charge in [-0.25, -0.2) is 0 Å². The first-order valence-corrected chi connectivity index (χ1v) is 5.01. The van der Waals surface area contributed by atoms with Crippen molar-refractivity contribution in [2.24, 2.45) is 5.92 Å². The first-order valence-electron chi connectivity index (χ1n) is 4.48. The summed E-state index contributed by atoms with van der Waals surface area (Å²) in [7, 11) is 0. The molecular formula is C10H9ClN2O3. The van der Waals surface area contributed by atoms with Crippen molar-refractivity contribution in [3.8, 4) is 6.07 Å². The van der Waals surface area contributed by atoms with Crippen molar-refractivity contribution in [1.29, 1.82) is 5.26 Å². The first kappa shape index (κ1) is 12.4. The Hall–Kier alpha value is -1.64. The molecular weight excluding hydrogens is 232 g/mol. The average Bonchev–Trinajstić information content (AvgIpc) is 2.30. The molecule has 0 aliphatic carbocycles. The molecule has 0 fully saturated rings. The summed E-state index contributed by atoms with van der Waals surface area (Å²) in [6, 6.07) is 7.26. The number of aliphatic hydroxyl groups excluding tert-OH is 1. The molecule has 0 bridgehead atoms. The Morgan fingerprint density at radius 3 is 2.44 bits per heavy atom. The summed E-state index contributed by atoms with van der Waals surface area (Å²) in [5.74, 6) is -0.711. The van der Waals surface area contributed by atoms with Gasteiger partial charge in [0.2, 0.25) is 0 Å². The maximum Gasteiger partial charge on any atom is 0.269 e. The molecule has 0 saturated carbocycles. The van der Waals surface area contributed by atoms with E-state index in [9.17, 15) is 15.2 Å². The average molecular weight is 241 g/mol. The highest BCUT2D eigenvalue weighted by molar-refractivity contribution is 6.18. The Balaban J connectivity index is 2.90. The third-order valence-corrected chi connectivity index (χ3v) is 2.49. The van der Waals surface area contributed by atoms with E-state index in [0.29, 0.717) is 5.56 Å². The number of alkyl halides is 1. The van der Waals surface area contributed by atoms with E-state index in [1.54, 1.807) is 0 Å². The maximum atomic E-state index is 10.4. The van der Waals surface area contributed by atoms with Crippen molar-refractivity contribution in [1.82, 2.24) is 0 Å². The first-order chi connectivity index (χ1) is 7.60. The highest BCUT2D eigenvalue weighted by atomic mass is 35.5. The van der Waals surface area contributed by atoms with Gasteiger partial charge in [-0.2, -0.15) is 5.26 Å². The number of halogens is 1. The Labute approximate surface area is 97.0 Å². The SMILES string of the molecule is N#CC(CCl)C(O)c1ccc([N+](=O)[O-])cc1. The van der Waals surface area contributed by atoms with E-state index < -0.39 is 16.9 Å². The fourth-order valence-corrected chi connectivity index (χ4v) is 1.45. The molecule has 1 rings (SSSR count). The summed E-state index contributed by atoms with van der Waals surface area (Å²) in [5.41, 5.74) is 0.383. The Bertz CT molecular complexity index is 413. The van der Waals surface area contributed by atoms with Crippen LogP contribution in [0, 0.1) is 27.4 Å². The highest BCUT2D eigenvalue weighted by Gasteiger charge is 2.20. The number of hydrogen-bond donors (Lipinski definition) is 1. The lowest BCUT2D eigenvalue weighted by atomic mass is 9.98. The number of benzene rings is 1. The van der Waals surface area contributed by atoms with Gasteiger partial charge in [-0.1, -0.05) is 0 Å². The molecule has 5 nitrogen and oxygen atoms in total. The topological polar surface area (TPSA) is 87.2 Å². The number of rotatable bonds is 4. The summed E-state index contributed by atoms with van der Waals surface area (Å²) in [6.07, 6.45) is -1.02. The van der Waals surface area contributed by atoms with E-state index in [1.807, 2.05) is 6.07 Å². The van der Waals surface area contributed by atoms with E-state index in [0.717, 1.165) is 0 Å². The van der Waals surface area contributed by atoms with Crippen LogP contribution in [0.15, 0.2) is 24.3 Å². The minimum Gasteiger partial charge on any atom is -0.387 e. The van der Waals surface area contributed by atoms with Crippen molar-refractivity contribution in [2.75, 3.05) is 5.88 Å².